The van der Waals surface area contributed by atoms with Crippen LogP contribution >= 0.6 is 11.3 Å². The third kappa shape index (κ3) is 5.37. The fourth-order valence-corrected chi connectivity index (χ4v) is 8.75. The van der Waals surface area contributed by atoms with Gasteiger partial charge in [0.05, 0.1) is 39.3 Å². The number of hydrogen-bond donors (Lipinski definition) is 2. The second kappa shape index (κ2) is 11.8. The van der Waals surface area contributed by atoms with Crippen molar-refractivity contribution in [3.05, 3.63) is 111 Å². The Labute approximate surface area is 290 Å². The van der Waals surface area contributed by atoms with E-state index in [-0.39, 0.29) is 29.7 Å². The summed E-state index contributed by atoms with van der Waals surface area (Å²) >= 11 is 1.40. The number of halogens is 4. The number of nitrogens with one attached hydrogen (secondary N) is 2. The van der Waals surface area contributed by atoms with Crippen LogP contribution in [0.3, 0.4) is 0 Å². The lowest BCUT2D eigenvalue weighted by Crippen LogP contribution is -2.22. The topological polar surface area (TPSA) is 130 Å². The summed E-state index contributed by atoms with van der Waals surface area (Å²) < 4.78 is 60.0. The van der Waals surface area contributed by atoms with Gasteiger partial charge in [0.1, 0.15) is 17.3 Å². The van der Waals surface area contributed by atoms with E-state index in [1.165, 1.54) is 29.5 Å². The summed E-state index contributed by atoms with van der Waals surface area (Å²) in [6.07, 6.45) is 0.588. The van der Waals surface area contributed by atoms with Gasteiger partial charge in [0.15, 0.2) is 0 Å². The number of hydrogen-bond acceptors (Lipinski definition) is 9. The molecule has 1 aromatic carbocycles. The number of amides is 1. The zero-order chi connectivity index (χ0) is 35.0. The van der Waals surface area contributed by atoms with E-state index in [2.05, 4.69) is 25.5 Å². The van der Waals surface area contributed by atoms with Crippen LogP contribution in [0.15, 0.2) is 63.9 Å². The third-order valence-electron chi connectivity index (χ3n) is 9.90. The smallest absolute Gasteiger partial charge is 0.388 e. The Balaban J connectivity index is 1.18. The molecule has 6 aromatic rings. The first-order chi connectivity index (χ1) is 24.6. The maximum atomic E-state index is 14.1. The van der Waals surface area contributed by atoms with E-state index in [4.69, 9.17) is 9.40 Å². The van der Waals surface area contributed by atoms with Crippen molar-refractivity contribution in [2.24, 2.45) is 0 Å². The lowest BCUT2D eigenvalue weighted by molar-refractivity contribution is -0.141. The Hall–Kier alpha value is -5.44. The second-order valence-corrected chi connectivity index (χ2v) is 14.0. The van der Waals surface area contributed by atoms with Gasteiger partial charge in [0, 0.05) is 28.9 Å². The van der Waals surface area contributed by atoms with Crippen molar-refractivity contribution in [3.63, 3.8) is 0 Å². The van der Waals surface area contributed by atoms with Crippen LogP contribution in [0.25, 0.3) is 32.0 Å². The standard InChI is InChI=1S/C36H27F4N7O3S/c37-19-6-3-17(4-7-19)5-9-23-27(33-45-46-35(49)50-33)28(29-30(43-23)24-2-1-15-47(24)34(29)48)25-16-18-13-14-41-32(31(18)51-25)44-22-11-10-21-20(22)8-12-26(42-21)36(38,39)40/h3-4,6-8,12-14,16,22,24H,1-2,5,9-11,15H2,(H,41,44)(H,46,49). The van der Waals surface area contributed by atoms with Crippen molar-refractivity contribution < 1.29 is 26.8 Å². The van der Waals surface area contributed by atoms with E-state index >= 15 is 0 Å². The maximum Gasteiger partial charge on any atom is 0.434 e. The summed E-state index contributed by atoms with van der Waals surface area (Å²) in [6.45, 7) is 0.601. The van der Waals surface area contributed by atoms with Crippen LogP contribution in [0, 0.1) is 5.82 Å². The Bertz CT molecular complexity index is 2420. The predicted octanol–water partition coefficient (Wildman–Crippen LogP) is 7.43. The molecule has 2 atom stereocenters. The first-order valence-electron chi connectivity index (χ1n) is 16.5. The minimum absolute atomic E-state index is 0.00137. The van der Waals surface area contributed by atoms with E-state index in [0.717, 1.165) is 34.6 Å². The molecule has 1 aliphatic carbocycles. The number of carbonyl (C=O) groups is 1. The number of aromatic nitrogens is 5. The van der Waals surface area contributed by atoms with E-state index < -0.39 is 17.6 Å². The average molecular weight is 714 g/mol. The lowest BCUT2D eigenvalue weighted by atomic mass is 9.93. The molecule has 1 amide bonds. The van der Waals surface area contributed by atoms with Crippen molar-refractivity contribution in [2.45, 2.75) is 56.8 Å². The number of aromatic amines is 1. The molecule has 5 aromatic heterocycles. The SMILES string of the molecule is O=C1c2c(nc(CCc3ccc(F)cc3)c(-c3n[nH]c(=O)o3)c2-c2cc3ccnc(NC4CCc5nc(C(F)(F)F)ccc54)c3s2)C2CCCN12. The number of nitrogens with zero attached hydrogens (tertiary/aromatic N) is 5. The average Bonchev–Trinajstić information content (AvgIpc) is 3.95. The first-order valence-corrected chi connectivity index (χ1v) is 17.3. The van der Waals surface area contributed by atoms with Gasteiger partial charge in [-0.1, -0.05) is 18.2 Å². The van der Waals surface area contributed by atoms with Gasteiger partial charge >= 0.3 is 11.9 Å². The highest BCUT2D eigenvalue weighted by Crippen LogP contribution is 2.50. The van der Waals surface area contributed by atoms with Gasteiger partial charge in [-0.2, -0.15) is 13.2 Å². The monoisotopic (exact) mass is 713 g/mol. The molecular formula is C36H27F4N7O3S. The quantitative estimate of drug-likeness (QED) is 0.164. The summed E-state index contributed by atoms with van der Waals surface area (Å²) in [6, 6.07) is 12.0. The minimum Gasteiger partial charge on any atom is -0.388 e. The largest absolute Gasteiger partial charge is 0.434 e. The number of pyridine rings is 3. The van der Waals surface area contributed by atoms with Crippen LogP contribution in [0.2, 0.25) is 0 Å². The van der Waals surface area contributed by atoms with Crippen molar-refractivity contribution in [1.29, 1.82) is 0 Å². The number of fused-ring (bicyclic) bond motifs is 5. The fourth-order valence-electron chi connectivity index (χ4n) is 7.59. The molecule has 0 radical (unpaired) electrons. The van der Waals surface area contributed by atoms with Crippen LogP contribution in [-0.4, -0.2) is 42.5 Å². The molecule has 51 heavy (non-hydrogen) atoms. The summed E-state index contributed by atoms with van der Waals surface area (Å²) in [7, 11) is 0. The highest BCUT2D eigenvalue weighted by atomic mass is 32.1. The molecule has 1 fully saturated rings. The number of benzene rings is 1. The molecule has 9 rings (SSSR count). The van der Waals surface area contributed by atoms with Gasteiger partial charge in [-0.05, 0) is 85.4 Å². The number of aryl methyl sites for hydroxylation is 3. The van der Waals surface area contributed by atoms with Gasteiger partial charge in [-0.25, -0.2) is 24.3 Å². The normalized spacial score (nSPS) is 18.0. The predicted molar refractivity (Wildman–Crippen MR) is 180 cm³/mol. The van der Waals surface area contributed by atoms with E-state index in [1.54, 1.807) is 18.3 Å². The van der Waals surface area contributed by atoms with Gasteiger partial charge < -0.3 is 14.6 Å². The molecule has 1 saturated heterocycles. The van der Waals surface area contributed by atoms with Gasteiger partial charge in [-0.15, -0.1) is 16.4 Å². The molecule has 10 nitrogen and oxygen atoms in total. The van der Waals surface area contributed by atoms with Gasteiger partial charge in [0.2, 0.25) is 0 Å². The second-order valence-electron chi connectivity index (χ2n) is 12.9. The zero-order valence-electron chi connectivity index (χ0n) is 26.7. The maximum absolute atomic E-state index is 14.1. The van der Waals surface area contributed by atoms with Crippen LogP contribution < -0.4 is 11.1 Å². The summed E-state index contributed by atoms with van der Waals surface area (Å²) in [5.41, 5.74) is 3.76. The van der Waals surface area contributed by atoms with Crippen LogP contribution in [0.4, 0.5) is 23.4 Å². The van der Waals surface area contributed by atoms with Crippen molar-refractivity contribution in [2.75, 3.05) is 11.9 Å². The molecule has 2 unspecified atom stereocenters. The van der Waals surface area contributed by atoms with E-state index in [1.807, 2.05) is 17.0 Å². The Kier molecular flexibility index (Phi) is 7.31. The third-order valence-corrected chi connectivity index (χ3v) is 11.1. The number of rotatable bonds is 7. The minimum atomic E-state index is -4.52. The fraction of sp³-hybridized carbons (Fsp3) is 0.278. The molecule has 2 aliphatic heterocycles. The highest BCUT2D eigenvalue weighted by molar-refractivity contribution is 7.23. The Morgan fingerprint density at radius 3 is 2.63 bits per heavy atom. The molecule has 2 N–H and O–H groups in total. The Morgan fingerprint density at radius 1 is 1.00 bits per heavy atom. The van der Waals surface area contributed by atoms with Crippen molar-refractivity contribution in [3.8, 4) is 21.9 Å². The highest BCUT2D eigenvalue weighted by Gasteiger charge is 2.45. The number of carbonyl (C=O) groups excluding carboxylic acids is 1. The van der Waals surface area contributed by atoms with Crippen molar-refractivity contribution in [1.82, 2.24) is 30.0 Å². The molecule has 0 bridgehead atoms. The molecule has 7 heterocycles. The van der Waals surface area contributed by atoms with Crippen molar-refractivity contribution >= 4 is 33.1 Å². The zero-order valence-corrected chi connectivity index (χ0v) is 27.5. The summed E-state index contributed by atoms with van der Waals surface area (Å²) in [5.74, 6) is -0.701. The number of alkyl halides is 3. The molecule has 258 valence electrons. The van der Waals surface area contributed by atoms with E-state index in [9.17, 15) is 27.2 Å². The molecule has 0 saturated carbocycles. The molecule has 3 aliphatic rings. The molecular weight excluding hydrogens is 687 g/mol. The first kappa shape index (κ1) is 31.5. The van der Waals surface area contributed by atoms with Crippen LogP contribution in [-0.2, 0) is 25.4 Å². The number of thiophene rings is 1. The number of H-pyrrole nitrogens is 1. The van der Waals surface area contributed by atoms with Crippen LogP contribution in [0.5, 0.6) is 0 Å². The molecule has 0 spiro atoms. The van der Waals surface area contributed by atoms with E-state index in [0.29, 0.717) is 82.3 Å². The van der Waals surface area contributed by atoms with Gasteiger partial charge in [-0.3, -0.25) is 9.78 Å². The summed E-state index contributed by atoms with van der Waals surface area (Å²) in [4.78, 5) is 42.6. The van der Waals surface area contributed by atoms with Gasteiger partial charge in [0.25, 0.3) is 11.8 Å². The summed E-state index contributed by atoms with van der Waals surface area (Å²) in [5, 5.41) is 10.8. The molecule has 15 heteroatoms. The lowest BCUT2D eigenvalue weighted by Gasteiger charge is -2.16. The number of anilines is 1. The Morgan fingerprint density at radius 2 is 1.84 bits per heavy atom. The van der Waals surface area contributed by atoms with Crippen LogP contribution in [0.1, 0.15) is 75.6 Å².